The number of nitrogens with one attached hydrogen (secondary N) is 3. The van der Waals surface area contributed by atoms with Crippen LogP contribution in [0, 0.1) is 23.5 Å². The van der Waals surface area contributed by atoms with E-state index in [0.717, 1.165) is 23.1 Å². The molecule has 3 saturated heterocycles. The first-order valence-electron chi connectivity index (χ1n) is 13.0. The minimum atomic E-state index is -4.32. The molecule has 41 heavy (non-hydrogen) atoms. The molecule has 1 aromatic carbocycles. The first kappa shape index (κ1) is 29.0. The van der Waals surface area contributed by atoms with E-state index in [0.29, 0.717) is 25.3 Å². The number of aromatic nitrogens is 1. The minimum absolute atomic E-state index is 0.112. The molecule has 6 rings (SSSR count). The first-order valence-corrected chi connectivity index (χ1v) is 14.9. The molecule has 3 N–H and O–H groups in total. The number of halogens is 5. The summed E-state index contributed by atoms with van der Waals surface area (Å²) in [6, 6.07) is -1.48. The van der Waals surface area contributed by atoms with Gasteiger partial charge in [-0.05, 0) is 50.0 Å². The van der Waals surface area contributed by atoms with Gasteiger partial charge >= 0.3 is 0 Å². The van der Waals surface area contributed by atoms with E-state index in [2.05, 4.69) is 15.6 Å². The number of fused-ring (bicyclic) bond motifs is 4. The molecular formula is C26H27F5N4O5S. The lowest BCUT2D eigenvalue weighted by molar-refractivity contribution is -0.179. The molecule has 0 spiro atoms. The van der Waals surface area contributed by atoms with Crippen LogP contribution in [0.5, 0.6) is 0 Å². The van der Waals surface area contributed by atoms with Gasteiger partial charge in [0.2, 0.25) is 26.8 Å². The molecule has 5 atom stereocenters. The Morgan fingerprint density at radius 3 is 2.51 bits per heavy atom. The summed E-state index contributed by atoms with van der Waals surface area (Å²) in [5, 5.41) is 3.14. The maximum Gasteiger partial charge on any atom is 0.271 e. The Morgan fingerprint density at radius 1 is 1.20 bits per heavy atom. The van der Waals surface area contributed by atoms with E-state index in [1.165, 1.54) is 0 Å². The minimum Gasteiger partial charge on any atom is -0.356 e. The van der Waals surface area contributed by atoms with Gasteiger partial charge in [0, 0.05) is 36.6 Å². The monoisotopic (exact) mass is 602 g/mol. The summed E-state index contributed by atoms with van der Waals surface area (Å²) >= 11 is 0. The van der Waals surface area contributed by atoms with E-state index in [4.69, 9.17) is 0 Å². The molecule has 0 unspecified atom stereocenters. The number of rotatable bonds is 7. The summed E-state index contributed by atoms with van der Waals surface area (Å²) in [6.45, 7) is 0.314. The van der Waals surface area contributed by atoms with Gasteiger partial charge in [-0.3, -0.25) is 14.4 Å². The molecule has 4 aliphatic rings. The SMILES string of the molecule is CS(=O)(=O)/C(F)=C/[C@@H](C[C@H]1CCNC1=O)NC(=O)[C@@H]1[C@H]2CC[C@H](CC2(F)F)N1C(=O)c1cc2c(F)ccc(F)c2[nH]1. The Balaban J connectivity index is 1.49. The largest absolute Gasteiger partial charge is 0.356 e. The zero-order valence-corrected chi connectivity index (χ0v) is 22.5. The molecule has 0 radical (unpaired) electrons. The van der Waals surface area contributed by atoms with Gasteiger partial charge in [-0.15, -0.1) is 0 Å². The third-order valence-corrected chi connectivity index (χ3v) is 8.92. The average molecular weight is 603 g/mol. The quantitative estimate of drug-likeness (QED) is 0.420. The van der Waals surface area contributed by atoms with Gasteiger partial charge in [0.1, 0.15) is 23.4 Å². The predicted molar refractivity (Wildman–Crippen MR) is 136 cm³/mol. The highest BCUT2D eigenvalue weighted by molar-refractivity contribution is 7.94. The molecule has 9 nitrogen and oxygen atoms in total. The standard InChI is InChI=1S/C26H27F5N4O5S/c1-41(39,40)20(29)9-13(8-12-6-7-32-23(12)36)33-24(37)22-16-3-2-14(11-26(16,30)31)35(22)25(38)19-10-15-17(27)4-5-18(28)21(15)34-19/h4-5,9-10,12-14,16,22,34H,2-3,6-8,11H2,1H3,(H,32,36)(H,33,37)/b20-9+/t12-,13-,14-,16-,22+/m1/s1. The zero-order valence-electron chi connectivity index (χ0n) is 21.7. The zero-order chi connectivity index (χ0) is 29.9. The van der Waals surface area contributed by atoms with Gasteiger partial charge in [-0.1, -0.05) is 0 Å². The van der Waals surface area contributed by atoms with Crippen molar-refractivity contribution >= 4 is 38.5 Å². The molecule has 3 amide bonds. The highest BCUT2D eigenvalue weighted by Gasteiger charge is 2.60. The van der Waals surface area contributed by atoms with Crippen molar-refractivity contribution in [2.24, 2.45) is 11.8 Å². The van der Waals surface area contributed by atoms with E-state index in [-0.39, 0.29) is 35.9 Å². The molecule has 15 heteroatoms. The number of alkyl halides is 2. The molecule has 222 valence electrons. The maximum absolute atomic E-state index is 15.1. The van der Waals surface area contributed by atoms with E-state index in [1.807, 2.05) is 0 Å². The number of piperidine rings is 2. The number of H-pyrrole nitrogens is 1. The van der Waals surface area contributed by atoms with Crippen molar-refractivity contribution in [1.82, 2.24) is 20.5 Å². The summed E-state index contributed by atoms with van der Waals surface area (Å²) in [7, 11) is -4.32. The molecule has 1 saturated carbocycles. The maximum atomic E-state index is 15.1. The van der Waals surface area contributed by atoms with E-state index in [9.17, 15) is 36.0 Å². The molecule has 4 fully saturated rings. The Labute approximate surface area is 231 Å². The van der Waals surface area contributed by atoms with Gasteiger partial charge in [-0.2, -0.15) is 4.39 Å². The fraction of sp³-hybridized carbons (Fsp3) is 0.500. The summed E-state index contributed by atoms with van der Waals surface area (Å²) in [5.74, 6) is -9.77. The molecule has 4 heterocycles. The van der Waals surface area contributed by atoms with Crippen molar-refractivity contribution in [3.05, 3.63) is 46.8 Å². The van der Waals surface area contributed by atoms with Crippen LogP contribution >= 0.6 is 0 Å². The number of sulfone groups is 1. The highest BCUT2D eigenvalue weighted by atomic mass is 32.2. The predicted octanol–water partition coefficient (Wildman–Crippen LogP) is 2.94. The number of nitrogens with zero attached hydrogens (tertiary/aromatic N) is 1. The second-order valence-corrected chi connectivity index (χ2v) is 12.8. The smallest absolute Gasteiger partial charge is 0.271 e. The molecule has 1 aliphatic carbocycles. The number of hydrogen-bond acceptors (Lipinski definition) is 5. The van der Waals surface area contributed by atoms with Crippen LogP contribution < -0.4 is 10.6 Å². The Morgan fingerprint density at radius 2 is 1.90 bits per heavy atom. The van der Waals surface area contributed by atoms with Crippen molar-refractivity contribution < 1.29 is 44.8 Å². The van der Waals surface area contributed by atoms with Crippen LogP contribution in [0.4, 0.5) is 22.0 Å². The fourth-order valence-corrected chi connectivity index (χ4v) is 6.51. The van der Waals surface area contributed by atoms with Crippen LogP contribution in [0.25, 0.3) is 10.9 Å². The van der Waals surface area contributed by atoms with Crippen molar-refractivity contribution in [3.63, 3.8) is 0 Å². The van der Waals surface area contributed by atoms with E-state index >= 15 is 8.78 Å². The first-order chi connectivity index (χ1) is 19.2. The second kappa shape index (κ2) is 10.4. The van der Waals surface area contributed by atoms with Gasteiger partial charge in [-0.25, -0.2) is 26.0 Å². The number of carbonyl (C=O) groups excluding carboxylic acids is 3. The summed E-state index contributed by atoms with van der Waals surface area (Å²) < 4.78 is 96.6. The van der Waals surface area contributed by atoms with Crippen molar-refractivity contribution in [1.29, 1.82) is 0 Å². The van der Waals surface area contributed by atoms with Crippen LogP contribution in [0.15, 0.2) is 29.4 Å². The lowest BCUT2D eigenvalue weighted by Crippen LogP contribution is -2.68. The van der Waals surface area contributed by atoms with E-state index in [1.54, 1.807) is 0 Å². The summed E-state index contributed by atoms with van der Waals surface area (Å²) in [5.41, 5.74) is -0.627. The molecule has 1 aromatic heterocycles. The highest BCUT2D eigenvalue weighted by Crippen LogP contribution is 2.49. The number of amides is 3. The van der Waals surface area contributed by atoms with Crippen LogP contribution in [0.2, 0.25) is 0 Å². The lowest BCUT2D eigenvalue weighted by Gasteiger charge is -2.53. The van der Waals surface area contributed by atoms with Gasteiger partial charge in [0.25, 0.3) is 11.8 Å². The topological polar surface area (TPSA) is 128 Å². The van der Waals surface area contributed by atoms with Crippen LogP contribution in [0.1, 0.15) is 42.6 Å². The number of carbonyl (C=O) groups is 3. The van der Waals surface area contributed by atoms with Gasteiger partial charge < -0.3 is 20.5 Å². The second-order valence-electron chi connectivity index (χ2n) is 10.8. The number of aromatic amines is 1. The van der Waals surface area contributed by atoms with Crippen molar-refractivity contribution in [2.45, 2.75) is 56.2 Å². The number of benzene rings is 1. The van der Waals surface area contributed by atoms with Crippen LogP contribution in [0.3, 0.4) is 0 Å². The third kappa shape index (κ3) is 5.43. The summed E-state index contributed by atoms with van der Waals surface area (Å²) in [6.07, 6.45) is 0.618. The van der Waals surface area contributed by atoms with E-state index < -0.39 is 86.7 Å². The average Bonchev–Trinajstić information content (AvgIpc) is 3.52. The van der Waals surface area contributed by atoms with Crippen molar-refractivity contribution in [2.75, 3.05) is 12.8 Å². The number of hydrogen-bond donors (Lipinski definition) is 3. The van der Waals surface area contributed by atoms with Crippen LogP contribution in [-0.2, 0) is 19.4 Å². The molecular weight excluding hydrogens is 575 g/mol. The van der Waals surface area contributed by atoms with Crippen molar-refractivity contribution in [3.8, 4) is 0 Å². The summed E-state index contributed by atoms with van der Waals surface area (Å²) in [4.78, 5) is 42.8. The third-order valence-electron chi connectivity index (χ3n) is 8.07. The molecule has 2 bridgehead atoms. The Hall–Kier alpha value is -3.49. The lowest BCUT2D eigenvalue weighted by atomic mass is 9.71. The van der Waals surface area contributed by atoms with Crippen LogP contribution in [-0.4, -0.2) is 72.9 Å². The Kier molecular flexibility index (Phi) is 7.37. The molecule has 2 aromatic rings. The Bertz CT molecular complexity index is 1520. The normalized spacial score (nSPS) is 26.7. The van der Waals surface area contributed by atoms with Gasteiger partial charge in [0.15, 0.2) is 0 Å². The van der Waals surface area contributed by atoms with Gasteiger partial charge in [0.05, 0.1) is 17.5 Å². The fourth-order valence-electron chi connectivity index (χ4n) is 6.10. The molecule has 3 aliphatic heterocycles.